The highest BCUT2D eigenvalue weighted by Crippen LogP contribution is 2.34. The summed E-state index contributed by atoms with van der Waals surface area (Å²) in [5, 5.41) is 12.6. The lowest BCUT2D eigenvalue weighted by Crippen LogP contribution is -2.11. The van der Waals surface area contributed by atoms with Gasteiger partial charge in [0.1, 0.15) is 19.8 Å². The Labute approximate surface area is 391 Å². The second-order valence-electron chi connectivity index (χ2n) is 13.6. The molecule has 0 aliphatic carbocycles. The number of benzene rings is 4. The summed E-state index contributed by atoms with van der Waals surface area (Å²) < 4.78 is 49.1. The molecular formula is C45H39Cl3N6O12. The van der Waals surface area contributed by atoms with E-state index in [4.69, 9.17) is 76.8 Å². The van der Waals surface area contributed by atoms with E-state index in [9.17, 15) is 14.4 Å². The highest BCUT2D eigenvalue weighted by molar-refractivity contribution is 6.18. The first-order valence-corrected chi connectivity index (χ1v) is 21.8. The molecule has 3 heterocycles. The van der Waals surface area contributed by atoms with Crippen molar-refractivity contribution in [3.63, 3.8) is 0 Å². The van der Waals surface area contributed by atoms with E-state index in [1.54, 1.807) is 91.0 Å². The zero-order valence-electron chi connectivity index (χ0n) is 34.9. The second-order valence-corrected chi connectivity index (χ2v) is 14.8. The van der Waals surface area contributed by atoms with Gasteiger partial charge in [-0.2, -0.15) is 15.0 Å². The third-order valence-electron chi connectivity index (χ3n) is 9.07. The van der Waals surface area contributed by atoms with Gasteiger partial charge in [-0.25, -0.2) is 14.4 Å². The summed E-state index contributed by atoms with van der Waals surface area (Å²) in [5.41, 5.74) is 3.44. The number of carbonyl (C=O) groups excluding carboxylic acids is 3. The Morgan fingerprint density at radius 2 is 0.697 bits per heavy atom. The maximum Gasteiger partial charge on any atom is 0.338 e. The summed E-state index contributed by atoms with van der Waals surface area (Å²) in [7, 11) is 0. The molecule has 3 aromatic heterocycles. The largest absolute Gasteiger partial charge is 0.460 e. The number of carbonyl (C=O) groups is 3. The molecule has 0 spiro atoms. The van der Waals surface area contributed by atoms with Crippen LogP contribution in [-0.4, -0.2) is 125 Å². The Kier molecular flexibility index (Phi) is 17.3. The van der Waals surface area contributed by atoms with Crippen molar-refractivity contribution in [2.45, 2.75) is 0 Å². The molecule has 0 amide bonds. The van der Waals surface area contributed by atoms with E-state index in [0.29, 0.717) is 70.8 Å². The van der Waals surface area contributed by atoms with Gasteiger partial charge in [-0.1, -0.05) is 51.9 Å². The minimum Gasteiger partial charge on any atom is -0.460 e. The van der Waals surface area contributed by atoms with Gasteiger partial charge in [-0.05, 0) is 54.6 Å². The van der Waals surface area contributed by atoms with Crippen LogP contribution in [0.5, 0.6) is 0 Å². The molecule has 0 aliphatic rings. The number of ether oxygens (including phenoxy) is 6. The Balaban J connectivity index is 1.17. The molecule has 342 valence electrons. The monoisotopic (exact) mass is 960 g/mol. The van der Waals surface area contributed by atoms with Crippen LogP contribution in [0.3, 0.4) is 0 Å². The minimum atomic E-state index is -0.559. The molecular weight excluding hydrogens is 923 g/mol. The van der Waals surface area contributed by atoms with Crippen LogP contribution in [0, 0.1) is 0 Å². The normalized spacial score (nSPS) is 11.1. The van der Waals surface area contributed by atoms with E-state index in [1.165, 1.54) is 0 Å². The van der Waals surface area contributed by atoms with Gasteiger partial charge in [0, 0.05) is 51.0 Å². The van der Waals surface area contributed by atoms with Crippen molar-refractivity contribution in [1.29, 1.82) is 0 Å². The van der Waals surface area contributed by atoms with Crippen molar-refractivity contribution in [2.75, 3.05) is 77.1 Å². The van der Waals surface area contributed by atoms with E-state index in [2.05, 4.69) is 30.4 Å². The predicted octanol–water partition coefficient (Wildman–Crippen LogP) is 8.07. The van der Waals surface area contributed by atoms with Crippen LogP contribution in [-0.2, 0) is 28.4 Å². The SMILES string of the molecule is O=C(OCCOCCCl)c1cccc(-c2noc(-c3cc(-c4nc(-c5cccc(C(=O)OCCOCCCl)c5)no4)cc(-c4nc(-c5cccc(C(=O)OCCOCCCl)c5)no4)c3)n2)c1. The average Bonchev–Trinajstić information content (AvgIpc) is 4.17. The lowest BCUT2D eigenvalue weighted by Gasteiger charge is -2.06. The minimum absolute atomic E-state index is 0.0503. The molecule has 0 bridgehead atoms. The van der Waals surface area contributed by atoms with Crippen molar-refractivity contribution in [2.24, 2.45) is 0 Å². The third-order valence-corrected chi connectivity index (χ3v) is 9.53. The van der Waals surface area contributed by atoms with Crippen molar-refractivity contribution < 1.29 is 56.4 Å². The van der Waals surface area contributed by atoms with E-state index in [0.717, 1.165) is 0 Å². The molecule has 7 rings (SSSR count). The highest BCUT2D eigenvalue weighted by Gasteiger charge is 2.22. The van der Waals surface area contributed by atoms with E-state index >= 15 is 0 Å². The summed E-state index contributed by atoms with van der Waals surface area (Å²) in [4.78, 5) is 52.2. The number of esters is 3. The molecule has 66 heavy (non-hydrogen) atoms. The van der Waals surface area contributed by atoms with Crippen molar-refractivity contribution in [3.05, 3.63) is 108 Å². The topological polar surface area (TPSA) is 223 Å². The number of hydrogen-bond acceptors (Lipinski definition) is 18. The first kappa shape index (κ1) is 47.4. The van der Waals surface area contributed by atoms with Crippen LogP contribution in [0.4, 0.5) is 0 Å². The van der Waals surface area contributed by atoms with Gasteiger partial charge in [0.05, 0.1) is 56.3 Å². The van der Waals surface area contributed by atoms with E-state index in [1.807, 2.05) is 0 Å². The lowest BCUT2D eigenvalue weighted by atomic mass is 10.0. The van der Waals surface area contributed by atoms with Crippen LogP contribution < -0.4 is 0 Å². The summed E-state index contributed by atoms with van der Waals surface area (Å²) in [5.74, 6) is 0.0947. The molecule has 0 atom stereocenters. The van der Waals surface area contributed by atoms with Crippen molar-refractivity contribution >= 4 is 52.7 Å². The van der Waals surface area contributed by atoms with Gasteiger partial charge in [0.15, 0.2) is 0 Å². The number of hydrogen-bond donors (Lipinski definition) is 0. The molecule has 0 unspecified atom stereocenters. The van der Waals surface area contributed by atoms with Crippen LogP contribution in [0.25, 0.3) is 68.5 Å². The fraction of sp³-hybridized carbons (Fsp3) is 0.267. The summed E-state index contributed by atoms with van der Waals surface area (Å²) in [6.07, 6.45) is 0. The maximum atomic E-state index is 12.8. The molecule has 0 fully saturated rings. The molecule has 7 aromatic rings. The summed E-state index contributed by atoms with van der Waals surface area (Å²) >= 11 is 16.9. The zero-order valence-corrected chi connectivity index (χ0v) is 37.1. The number of halogens is 3. The average molecular weight is 962 g/mol. The zero-order chi connectivity index (χ0) is 46.1. The fourth-order valence-electron chi connectivity index (χ4n) is 6.03. The van der Waals surface area contributed by atoms with Gasteiger partial charge in [0.25, 0.3) is 17.7 Å². The first-order valence-electron chi connectivity index (χ1n) is 20.2. The van der Waals surface area contributed by atoms with Gasteiger partial charge >= 0.3 is 17.9 Å². The predicted molar refractivity (Wildman–Crippen MR) is 238 cm³/mol. The van der Waals surface area contributed by atoms with Crippen LogP contribution in [0.1, 0.15) is 31.1 Å². The number of rotatable bonds is 24. The van der Waals surface area contributed by atoms with Gasteiger partial charge < -0.3 is 42.0 Å². The molecule has 0 saturated heterocycles. The number of alkyl halides is 3. The van der Waals surface area contributed by atoms with Crippen LogP contribution in [0.15, 0.2) is 105 Å². The molecule has 21 heteroatoms. The Bertz CT molecular complexity index is 2420. The standard InChI is InChI=1S/C45H39Cl3N6O12/c46-10-13-58-16-19-61-43(55)31-7-1-4-28(22-31)37-49-40(64-52-37)34-25-35(41-50-38(53-65-41)29-5-2-8-32(23-29)44(56)62-20-17-59-14-11-47)27-36(26-34)42-51-39(54-66-42)30-6-3-9-33(24-30)45(57)63-21-18-60-15-12-48/h1-9,22-27H,10-21H2. The Morgan fingerprint density at radius 3 is 0.985 bits per heavy atom. The Morgan fingerprint density at radius 1 is 0.394 bits per heavy atom. The van der Waals surface area contributed by atoms with Crippen molar-refractivity contribution in [1.82, 2.24) is 30.4 Å². The summed E-state index contributed by atoms with van der Waals surface area (Å²) in [6, 6.07) is 24.8. The molecule has 0 saturated carbocycles. The van der Waals surface area contributed by atoms with E-state index < -0.39 is 17.9 Å². The Hall–Kier alpha value is -6.54. The van der Waals surface area contributed by atoms with Crippen molar-refractivity contribution in [3.8, 4) is 68.5 Å². The number of nitrogens with zero attached hydrogens (tertiary/aromatic N) is 6. The van der Waals surface area contributed by atoms with Crippen LogP contribution >= 0.6 is 34.8 Å². The molecule has 4 aromatic carbocycles. The molecule has 0 aliphatic heterocycles. The number of aromatic nitrogens is 6. The van der Waals surface area contributed by atoms with E-state index in [-0.39, 0.29) is 91.5 Å². The maximum absolute atomic E-state index is 12.8. The third kappa shape index (κ3) is 12.8. The van der Waals surface area contributed by atoms with Gasteiger partial charge in [0.2, 0.25) is 17.5 Å². The lowest BCUT2D eigenvalue weighted by molar-refractivity contribution is 0.0332. The highest BCUT2D eigenvalue weighted by atomic mass is 35.5. The molecule has 18 nitrogen and oxygen atoms in total. The quantitative estimate of drug-likeness (QED) is 0.0241. The smallest absolute Gasteiger partial charge is 0.338 e. The fourth-order valence-corrected chi connectivity index (χ4v) is 6.35. The molecule has 0 N–H and O–H groups in total. The van der Waals surface area contributed by atoms with Gasteiger partial charge in [-0.15, -0.1) is 34.8 Å². The first-order chi connectivity index (χ1) is 32.3. The molecule has 0 radical (unpaired) electrons. The summed E-state index contributed by atoms with van der Waals surface area (Å²) in [6.45, 7) is 1.79. The second kappa shape index (κ2) is 24.1. The van der Waals surface area contributed by atoms with Crippen LogP contribution in [0.2, 0.25) is 0 Å². The van der Waals surface area contributed by atoms with Gasteiger partial charge in [-0.3, -0.25) is 0 Å².